The van der Waals surface area contributed by atoms with Crippen molar-refractivity contribution in [1.29, 1.82) is 5.26 Å². The number of carbonyl (C=O) groups is 1. The molecule has 1 rings (SSSR count). The molecule has 1 aromatic rings. The molecule has 102 valence electrons. The largest absolute Gasteiger partial charge is 0.497 e. The van der Waals surface area contributed by atoms with E-state index in [0.29, 0.717) is 30.0 Å². The van der Waals surface area contributed by atoms with Crippen molar-refractivity contribution in [3.63, 3.8) is 0 Å². The molecule has 0 aromatic heterocycles. The second kappa shape index (κ2) is 7.27. The van der Waals surface area contributed by atoms with Gasteiger partial charge in [-0.3, -0.25) is 4.79 Å². The Kier molecular flexibility index (Phi) is 5.68. The number of rotatable bonds is 6. The zero-order valence-electron chi connectivity index (χ0n) is 11.4. The van der Waals surface area contributed by atoms with Crippen LogP contribution >= 0.6 is 0 Å². The third-order valence-electron chi connectivity index (χ3n) is 2.71. The van der Waals surface area contributed by atoms with Crippen molar-refractivity contribution in [2.24, 2.45) is 5.92 Å². The number of benzene rings is 1. The quantitative estimate of drug-likeness (QED) is 0.855. The minimum atomic E-state index is -0.145. The van der Waals surface area contributed by atoms with Gasteiger partial charge in [0.15, 0.2) is 0 Å². The Balaban J connectivity index is 2.70. The minimum Gasteiger partial charge on any atom is -0.497 e. The molecular formula is C14H18N2O3. The molecule has 0 heterocycles. The predicted molar refractivity (Wildman–Crippen MR) is 72.2 cm³/mol. The van der Waals surface area contributed by atoms with Crippen LogP contribution in [0.5, 0.6) is 11.5 Å². The number of nitrogens with one attached hydrogen (secondary N) is 1. The Labute approximate surface area is 113 Å². The molecule has 0 saturated heterocycles. The van der Waals surface area contributed by atoms with Crippen LogP contribution in [0.25, 0.3) is 0 Å². The van der Waals surface area contributed by atoms with Gasteiger partial charge in [-0.05, 0) is 25.5 Å². The molecule has 0 fully saturated rings. The highest BCUT2D eigenvalue weighted by molar-refractivity contribution is 5.92. The maximum atomic E-state index is 11.8. The fourth-order valence-corrected chi connectivity index (χ4v) is 1.54. The van der Waals surface area contributed by atoms with Gasteiger partial charge in [0.1, 0.15) is 11.5 Å². The van der Waals surface area contributed by atoms with Gasteiger partial charge in [-0.25, -0.2) is 0 Å². The van der Waals surface area contributed by atoms with E-state index in [1.807, 2.05) is 0 Å². The molecule has 0 aliphatic rings. The molecule has 0 radical (unpaired) electrons. The monoisotopic (exact) mass is 262 g/mol. The van der Waals surface area contributed by atoms with E-state index in [1.165, 1.54) is 7.11 Å². The molecule has 1 atom stereocenters. The van der Waals surface area contributed by atoms with Crippen LogP contribution in [0.1, 0.15) is 19.8 Å². The molecule has 0 bridgehead atoms. The highest BCUT2D eigenvalue weighted by Gasteiger charge is 2.10. The first-order valence-electron chi connectivity index (χ1n) is 6.02. The van der Waals surface area contributed by atoms with Crippen LogP contribution < -0.4 is 14.8 Å². The van der Waals surface area contributed by atoms with Crippen molar-refractivity contribution in [3.05, 3.63) is 18.2 Å². The molecule has 5 heteroatoms. The fraction of sp³-hybridized carbons (Fsp3) is 0.429. The van der Waals surface area contributed by atoms with Crippen molar-refractivity contribution in [1.82, 2.24) is 0 Å². The Bertz CT molecular complexity index is 480. The number of nitrogens with zero attached hydrogens (tertiary/aromatic N) is 1. The van der Waals surface area contributed by atoms with E-state index in [2.05, 4.69) is 11.4 Å². The van der Waals surface area contributed by atoms with Gasteiger partial charge in [-0.2, -0.15) is 5.26 Å². The Hall–Kier alpha value is -2.22. The van der Waals surface area contributed by atoms with Crippen molar-refractivity contribution < 1.29 is 14.3 Å². The third kappa shape index (κ3) is 4.51. The van der Waals surface area contributed by atoms with Gasteiger partial charge in [0.25, 0.3) is 0 Å². The zero-order chi connectivity index (χ0) is 14.3. The summed E-state index contributed by atoms with van der Waals surface area (Å²) in [6, 6.07) is 7.28. The Morgan fingerprint density at radius 1 is 1.42 bits per heavy atom. The average Bonchev–Trinajstić information content (AvgIpc) is 2.44. The number of hydrogen-bond donors (Lipinski definition) is 1. The summed E-state index contributed by atoms with van der Waals surface area (Å²) < 4.78 is 10.3. The van der Waals surface area contributed by atoms with E-state index in [1.54, 1.807) is 32.2 Å². The second-order valence-corrected chi connectivity index (χ2v) is 4.18. The summed E-state index contributed by atoms with van der Waals surface area (Å²) >= 11 is 0. The normalized spacial score (nSPS) is 11.3. The summed E-state index contributed by atoms with van der Waals surface area (Å²) in [6.45, 7) is 1.79. The Morgan fingerprint density at radius 2 is 2.16 bits per heavy atom. The molecule has 0 aliphatic carbocycles. The van der Waals surface area contributed by atoms with Crippen LogP contribution in [-0.2, 0) is 4.79 Å². The lowest BCUT2D eigenvalue weighted by Crippen LogP contribution is -2.13. The summed E-state index contributed by atoms with van der Waals surface area (Å²) in [5, 5.41) is 11.4. The predicted octanol–water partition coefficient (Wildman–Crippen LogP) is 2.58. The zero-order valence-corrected chi connectivity index (χ0v) is 11.4. The van der Waals surface area contributed by atoms with E-state index in [4.69, 9.17) is 14.7 Å². The van der Waals surface area contributed by atoms with Gasteiger partial charge in [0.05, 0.1) is 26.0 Å². The van der Waals surface area contributed by atoms with Crippen LogP contribution in [0, 0.1) is 17.2 Å². The van der Waals surface area contributed by atoms with Crippen molar-refractivity contribution >= 4 is 11.6 Å². The van der Waals surface area contributed by atoms with Gasteiger partial charge in [0, 0.05) is 18.4 Å². The number of carbonyl (C=O) groups excluding carboxylic acids is 1. The lowest BCUT2D eigenvalue weighted by Gasteiger charge is -2.11. The van der Waals surface area contributed by atoms with Gasteiger partial charge in [-0.1, -0.05) is 0 Å². The maximum absolute atomic E-state index is 11.8. The van der Waals surface area contributed by atoms with Crippen molar-refractivity contribution in [3.8, 4) is 17.6 Å². The first-order valence-corrected chi connectivity index (χ1v) is 6.02. The van der Waals surface area contributed by atoms with Crippen LogP contribution in [0.4, 0.5) is 5.69 Å². The van der Waals surface area contributed by atoms with Gasteiger partial charge in [0.2, 0.25) is 5.91 Å². The lowest BCUT2D eigenvalue weighted by molar-refractivity contribution is -0.116. The highest BCUT2D eigenvalue weighted by Crippen LogP contribution is 2.29. The highest BCUT2D eigenvalue weighted by atomic mass is 16.5. The van der Waals surface area contributed by atoms with Crippen LogP contribution in [0.2, 0.25) is 0 Å². The first-order chi connectivity index (χ1) is 9.10. The minimum absolute atomic E-state index is 0.127. The van der Waals surface area contributed by atoms with E-state index in [-0.39, 0.29) is 11.8 Å². The maximum Gasteiger partial charge on any atom is 0.224 e. The number of amides is 1. The second-order valence-electron chi connectivity index (χ2n) is 4.18. The molecular weight excluding hydrogens is 244 g/mol. The standard InChI is InChI=1S/C14H18N2O3/c1-10(9-15)4-7-14(17)16-12-8-11(18-2)5-6-13(12)19-3/h5-6,8,10H,4,7H2,1-3H3,(H,16,17). The van der Waals surface area contributed by atoms with E-state index in [0.717, 1.165) is 0 Å². The summed E-state index contributed by atoms with van der Waals surface area (Å²) in [5.74, 6) is 0.940. The van der Waals surface area contributed by atoms with Gasteiger partial charge >= 0.3 is 0 Å². The third-order valence-corrected chi connectivity index (χ3v) is 2.71. The summed E-state index contributed by atoms with van der Waals surface area (Å²) in [4.78, 5) is 11.8. The van der Waals surface area contributed by atoms with Gasteiger partial charge in [-0.15, -0.1) is 0 Å². The van der Waals surface area contributed by atoms with Gasteiger partial charge < -0.3 is 14.8 Å². The SMILES string of the molecule is COc1ccc(OC)c(NC(=O)CCC(C)C#N)c1. The molecule has 1 amide bonds. The number of anilines is 1. The van der Waals surface area contributed by atoms with Crippen LogP contribution in [0.3, 0.4) is 0 Å². The van der Waals surface area contributed by atoms with E-state index >= 15 is 0 Å². The smallest absolute Gasteiger partial charge is 0.224 e. The number of nitriles is 1. The Morgan fingerprint density at radius 3 is 2.74 bits per heavy atom. The number of hydrogen-bond acceptors (Lipinski definition) is 4. The molecule has 19 heavy (non-hydrogen) atoms. The first kappa shape index (κ1) is 14.8. The van der Waals surface area contributed by atoms with Crippen molar-refractivity contribution in [2.75, 3.05) is 19.5 Å². The molecule has 1 N–H and O–H groups in total. The number of ether oxygens (including phenoxy) is 2. The summed E-state index contributed by atoms with van der Waals surface area (Å²) in [5.41, 5.74) is 0.566. The summed E-state index contributed by atoms with van der Waals surface area (Å²) in [7, 11) is 3.09. The molecule has 1 aromatic carbocycles. The van der Waals surface area contributed by atoms with Crippen LogP contribution in [-0.4, -0.2) is 20.1 Å². The van der Waals surface area contributed by atoms with E-state index in [9.17, 15) is 4.79 Å². The fourth-order valence-electron chi connectivity index (χ4n) is 1.54. The molecule has 0 saturated carbocycles. The molecule has 0 aliphatic heterocycles. The van der Waals surface area contributed by atoms with E-state index < -0.39 is 0 Å². The molecule has 1 unspecified atom stereocenters. The van der Waals surface area contributed by atoms with Crippen molar-refractivity contribution in [2.45, 2.75) is 19.8 Å². The lowest BCUT2D eigenvalue weighted by atomic mass is 10.1. The summed E-state index contributed by atoms with van der Waals surface area (Å²) in [6.07, 6.45) is 0.837. The molecule has 0 spiro atoms. The van der Waals surface area contributed by atoms with Crippen LogP contribution in [0.15, 0.2) is 18.2 Å². The average molecular weight is 262 g/mol. The topological polar surface area (TPSA) is 71.3 Å². The number of methoxy groups -OCH3 is 2. The molecule has 5 nitrogen and oxygen atoms in total.